The third kappa shape index (κ3) is 1.52. The number of hydrogen-bond acceptors (Lipinski definition) is 3. The molecule has 0 aliphatic rings. The Labute approximate surface area is 104 Å². The molecule has 1 aromatic carbocycles. The minimum Gasteiger partial charge on any atom is -0.495 e. The van der Waals surface area contributed by atoms with Crippen molar-refractivity contribution >= 4 is 16.7 Å². The first-order chi connectivity index (χ1) is 8.69. The lowest BCUT2D eigenvalue weighted by molar-refractivity contribution is 0.418. The number of H-pyrrole nitrogens is 2. The first kappa shape index (κ1) is 10.7. The van der Waals surface area contributed by atoms with E-state index in [2.05, 4.69) is 21.2 Å². The van der Waals surface area contributed by atoms with Gasteiger partial charge >= 0.3 is 0 Å². The summed E-state index contributed by atoms with van der Waals surface area (Å²) in [4.78, 5) is 3.23. The maximum Gasteiger partial charge on any atom is 0.145 e. The number of rotatable bonds is 2. The van der Waals surface area contributed by atoms with Crippen LogP contribution in [0.25, 0.3) is 22.2 Å². The van der Waals surface area contributed by atoms with Crippen molar-refractivity contribution < 1.29 is 4.74 Å². The normalized spacial score (nSPS) is 11.0. The molecular weight excluding hydrogens is 228 g/mol. The maximum atomic E-state index is 5.64. The van der Waals surface area contributed by atoms with Crippen LogP contribution in [-0.2, 0) is 0 Å². The van der Waals surface area contributed by atoms with Crippen LogP contribution in [0, 0.1) is 6.92 Å². The zero-order valence-corrected chi connectivity index (χ0v) is 10.2. The molecule has 3 aromatic rings. The molecule has 92 valence electrons. The minimum atomic E-state index is 0.485. The van der Waals surface area contributed by atoms with Gasteiger partial charge in [-0.05, 0) is 24.6 Å². The molecule has 0 amide bonds. The number of benzene rings is 1. The minimum absolute atomic E-state index is 0.485. The zero-order chi connectivity index (χ0) is 12.7. The number of nitrogens with two attached hydrogens (primary N) is 1. The van der Waals surface area contributed by atoms with Crippen molar-refractivity contribution in [3.05, 3.63) is 30.0 Å². The van der Waals surface area contributed by atoms with E-state index in [0.29, 0.717) is 5.82 Å². The number of hydrogen-bond donors (Lipinski definition) is 3. The van der Waals surface area contributed by atoms with Gasteiger partial charge in [0.05, 0.1) is 18.3 Å². The Bertz CT molecular complexity index is 711. The summed E-state index contributed by atoms with van der Waals surface area (Å²) < 4.78 is 5.38. The highest BCUT2D eigenvalue weighted by atomic mass is 16.5. The van der Waals surface area contributed by atoms with Crippen LogP contribution in [-0.4, -0.2) is 22.3 Å². The molecule has 0 atom stereocenters. The van der Waals surface area contributed by atoms with Gasteiger partial charge in [-0.15, -0.1) is 0 Å². The highest BCUT2D eigenvalue weighted by molar-refractivity contribution is 5.98. The van der Waals surface area contributed by atoms with Crippen molar-refractivity contribution in [2.24, 2.45) is 0 Å². The molecule has 4 N–H and O–H groups in total. The van der Waals surface area contributed by atoms with Crippen molar-refractivity contribution in [3.63, 3.8) is 0 Å². The largest absolute Gasteiger partial charge is 0.495 e. The van der Waals surface area contributed by atoms with Crippen LogP contribution >= 0.6 is 0 Å². The summed E-state index contributed by atoms with van der Waals surface area (Å²) in [7, 11) is 1.67. The van der Waals surface area contributed by atoms with E-state index in [1.54, 1.807) is 7.11 Å². The molecule has 2 heterocycles. The average molecular weight is 242 g/mol. The second kappa shape index (κ2) is 3.80. The molecule has 0 fully saturated rings. The number of nitrogens with one attached hydrogen (secondary N) is 2. The van der Waals surface area contributed by atoms with Gasteiger partial charge < -0.3 is 15.5 Å². The summed E-state index contributed by atoms with van der Waals surface area (Å²) >= 11 is 0. The lowest BCUT2D eigenvalue weighted by atomic mass is 10.1. The van der Waals surface area contributed by atoms with Crippen LogP contribution in [0.3, 0.4) is 0 Å². The van der Waals surface area contributed by atoms with Gasteiger partial charge in [0.1, 0.15) is 11.6 Å². The Morgan fingerprint density at radius 2 is 2.11 bits per heavy atom. The molecule has 5 nitrogen and oxygen atoms in total. The molecule has 2 aromatic heterocycles. The first-order valence-corrected chi connectivity index (χ1v) is 5.66. The van der Waals surface area contributed by atoms with Crippen molar-refractivity contribution in [3.8, 4) is 17.0 Å². The monoisotopic (exact) mass is 242 g/mol. The third-order valence-corrected chi connectivity index (χ3v) is 3.01. The van der Waals surface area contributed by atoms with E-state index in [9.17, 15) is 0 Å². The Morgan fingerprint density at radius 3 is 2.78 bits per heavy atom. The van der Waals surface area contributed by atoms with E-state index in [1.165, 1.54) is 0 Å². The summed E-state index contributed by atoms with van der Waals surface area (Å²) in [6.07, 6.45) is 1.93. The van der Waals surface area contributed by atoms with Crippen LogP contribution < -0.4 is 10.5 Å². The number of aromatic amines is 2. The van der Waals surface area contributed by atoms with Crippen LogP contribution in [0.15, 0.2) is 24.4 Å². The second-order valence-corrected chi connectivity index (χ2v) is 4.30. The van der Waals surface area contributed by atoms with E-state index < -0.39 is 0 Å². The topological polar surface area (TPSA) is 79.7 Å². The van der Waals surface area contributed by atoms with E-state index in [-0.39, 0.29) is 0 Å². The molecule has 0 saturated heterocycles. The van der Waals surface area contributed by atoms with Gasteiger partial charge in [0.25, 0.3) is 0 Å². The van der Waals surface area contributed by atoms with E-state index in [4.69, 9.17) is 10.5 Å². The Balaban J connectivity index is 2.28. The average Bonchev–Trinajstić information content (AvgIpc) is 2.93. The molecule has 0 radical (unpaired) electrons. The van der Waals surface area contributed by atoms with E-state index >= 15 is 0 Å². The lowest BCUT2D eigenvalue weighted by Crippen LogP contribution is -1.86. The molecule has 0 aliphatic carbocycles. The number of aryl methyl sites for hydroxylation is 1. The number of anilines is 1. The van der Waals surface area contributed by atoms with Crippen LogP contribution in [0.5, 0.6) is 5.75 Å². The summed E-state index contributed by atoms with van der Waals surface area (Å²) in [6.45, 7) is 2.04. The highest BCUT2D eigenvalue weighted by Gasteiger charge is 2.12. The fourth-order valence-corrected chi connectivity index (χ4v) is 2.20. The number of nitrogen functional groups attached to an aromatic ring is 1. The van der Waals surface area contributed by atoms with Gasteiger partial charge in [-0.1, -0.05) is 0 Å². The summed E-state index contributed by atoms with van der Waals surface area (Å²) in [6, 6.07) is 5.93. The van der Waals surface area contributed by atoms with Gasteiger partial charge in [0.2, 0.25) is 0 Å². The molecule has 0 bridgehead atoms. The highest BCUT2D eigenvalue weighted by Crippen LogP contribution is 2.34. The number of nitrogens with zero attached hydrogens (tertiary/aromatic N) is 1. The Kier molecular flexibility index (Phi) is 2.26. The number of fused-ring (bicyclic) bond motifs is 1. The fourth-order valence-electron chi connectivity index (χ4n) is 2.20. The Hall–Kier alpha value is -2.43. The molecule has 18 heavy (non-hydrogen) atoms. The van der Waals surface area contributed by atoms with Gasteiger partial charge in [-0.2, -0.15) is 5.10 Å². The summed E-state index contributed by atoms with van der Waals surface area (Å²) in [5.41, 5.74) is 9.69. The van der Waals surface area contributed by atoms with Crippen LogP contribution in [0.4, 0.5) is 5.82 Å². The predicted octanol–water partition coefficient (Wildman–Crippen LogP) is 2.46. The van der Waals surface area contributed by atoms with Gasteiger partial charge in [0.15, 0.2) is 0 Å². The van der Waals surface area contributed by atoms with Crippen molar-refractivity contribution in [2.75, 3.05) is 12.8 Å². The lowest BCUT2D eigenvalue weighted by Gasteiger charge is -2.04. The zero-order valence-electron chi connectivity index (χ0n) is 10.2. The standard InChI is InChI=1S/C13H14N4O/c1-7-3-8-9(10-5-12(14)17-16-10)6-15-13(8)11(4-7)18-2/h3-6,15H,1-2H3,(H3,14,16,17). The van der Waals surface area contributed by atoms with Gasteiger partial charge in [-0.3, -0.25) is 5.10 Å². The van der Waals surface area contributed by atoms with E-state index in [1.807, 2.05) is 25.3 Å². The maximum absolute atomic E-state index is 5.64. The molecule has 0 saturated carbocycles. The predicted molar refractivity (Wildman–Crippen MR) is 71.6 cm³/mol. The van der Waals surface area contributed by atoms with Gasteiger partial charge in [-0.25, -0.2) is 0 Å². The number of ether oxygens (including phenoxy) is 1. The summed E-state index contributed by atoms with van der Waals surface area (Å²) in [5, 5.41) is 7.97. The molecule has 0 spiro atoms. The Morgan fingerprint density at radius 1 is 1.28 bits per heavy atom. The summed E-state index contributed by atoms with van der Waals surface area (Å²) in [5.74, 6) is 1.32. The van der Waals surface area contributed by atoms with Crippen molar-refractivity contribution in [1.29, 1.82) is 0 Å². The van der Waals surface area contributed by atoms with Crippen molar-refractivity contribution in [1.82, 2.24) is 15.2 Å². The van der Waals surface area contributed by atoms with Crippen LogP contribution in [0.1, 0.15) is 5.56 Å². The van der Waals surface area contributed by atoms with E-state index in [0.717, 1.165) is 33.5 Å². The molecule has 0 aliphatic heterocycles. The molecular formula is C13H14N4O. The third-order valence-electron chi connectivity index (χ3n) is 3.01. The van der Waals surface area contributed by atoms with Crippen LogP contribution in [0.2, 0.25) is 0 Å². The molecule has 5 heteroatoms. The first-order valence-electron chi connectivity index (χ1n) is 5.66. The van der Waals surface area contributed by atoms with Gasteiger partial charge in [0, 0.05) is 23.2 Å². The fraction of sp³-hybridized carbons (Fsp3) is 0.154. The molecule has 0 unspecified atom stereocenters. The molecule has 3 rings (SSSR count). The second-order valence-electron chi connectivity index (χ2n) is 4.30. The van der Waals surface area contributed by atoms with Crippen molar-refractivity contribution in [2.45, 2.75) is 6.92 Å². The quantitative estimate of drug-likeness (QED) is 0.645. The number of aromatic nitrogens is 3. The smallest absolute Gasteiger partial charge is 0.145 e. The SMILES string of the molecule is COc1cc(C)cc2c(-c3cc(N)n[nH]3)c[nH]c12. The number of methoxy groups -OCH3 is 1.